The molecule has 4 aromatic rings. The summed E-state index contributed by atoms with van der Waals surface area (Å²) in [4.78, 5) is 24.3. The topological polar surface area (TPSA) is 96.1 Å². The number of imide groups is 1. The number of benzene rings is 3. The number of halogens is 2. The zero-order valence-corrected chi connectivity index (χ0v) is 16.0. The molecule has 0 radical (unpaired) electrons. The van der Waals surface area contributed by atoms with Gasteiger partial charge in [-0.1, -0.05) is 24.3 Å². The second-order valence-electron chi connectivity index (χ2n) is 6.54. The number of anilines is 1. The Balaban J connectivity index is 1.47. The van der Waals surface area contributed by atoms with Gasteiger partial charge in [0.15, 0.2) is 5.82 Å². The summed E-state index contributed by atoms with van der Waals surface area (Å²) in [6.07, 6.45) is 0. The normalized spacial score (nSPS) is 10.6. The van der Waals surface area contributed by atoms with Gasteiger partial charge in [-0.05, 0) is 42.5 Å². The molecule has 3 N–H and O–H groups in total. The number of rotatable bonds is 5. The highest BCUT2D eigenvalue weighted by Crippen LogP contribution is 2.26. The van der Waals surface area contributed by atoms with Gasteiger partial charge in [-0.2, -0.15) is 5.10 Å². The van der Waals surface area contributed by atoms with E-state index in [9.17, 15) is 18.4 Å². The fraction of sp³-hybridized carbons (Fsp3) is 0.0455. The molecular formula is C22H16F2N4O3. The van der Waals surface area contributed by atoms with Crippen LogP contribution < -0.4 is 15.4 Å². The molecule has 156 valence electrons. The first-order valence-electron chi connectivity index (χ1n) is 9.22. The van der Waals surface area contributed by atoms with Gasteiger partial charge in [0.05, 0.1) is 11.1 Å². The molecule has 0 saturated carbocycles. The predicted molar refractivity (Wildman–Crippen MR) is 110 cm³/mol. The first-order chi connectivity index (χ1) is 15.0. The number of urea groups is 1. The molecule has 1 aromatic heterocycles. The molecular weight excluding hydrogens is 406 g/mol. The van der Waals surface area contributed by atoms with E-state index in [1.54, 1.807) is 48.5 Å². The number of H-pyrrole nitrogens is 1. The van der Waals surface area contributed by atoms with Crippen molar-refractivity contribution in [2.24, 2.45) is 0 Å². The SMILES string of the molecule is O=C(NC(=O)c1ccccc1)Nc1n[nH]c2ccc(OCc3c(F)cccc3F)cc12. The van der Waals surface area contributed by atoms with Crippen molar-refractivity contribution in [1.82, 2.24) is 15.5 Å². The smallest absolute Gasteiger partial charge is 0.327 e. The number of hydrogen-bond donors (Lipinski definition) is 3. The molecule has 0 fully saturated rings. The lowest BCUT2D eigenvalue weighted by atomic mass is 10.2. The molecule has 0 saturated heterocycles. The average molecular weight is 422 g/mol. The van der Waals surface area contributed by atoms with Crippen molar-refractivity contribution in [3.8, 4) is 5.75 Å². The maximum Gasteiger partial charge on any atom is 0.327 e. The quantitative estimate of drug-likeness (QED) is 0.445. The number of hydrogen-bond acceptors (Lipinski definition) is 4. The fourth-order valence-electron chi connectivity index (χ4n) is 2.91. The molecule has 0 spiro atoms. The molecule has 31 heavy (non-hydrogen) atoms. The van der Waals surface area contributed by atoms with Crippen LogP contribution in [0.5, 0.6) is 5.75 Å². The van der Waals surface area contributed by atoms with E-state index in [0.29, 0.717) is 22.2 Å². The van der Waals surface area contributed by atoms with E-state index in [4.69, 9.17) is 4.74 Å². The lowest BCUT2D eigenvalue weighted by Gasteiger charge is -2.09. The summed E-state index contributed by atoms with van der Waals surface area (Å²) in [6.45, 7) is -0.309. The van der Waals surface area contributed by atoms with Gasteiger partial charge >= 0.3 is 6.03 Å². The first-order valence-corrected chi connectivity index (χ1v) is 9.22. The van der Waals surface area contributed by atoms with Crippen molar-refractivity contribution in [1.29, 1.82) is 0 Å². The van der Waals surface area contributed by atoms with Crippen LogP contribution in [0.1, 0.15) is 15.9 Å². The molecule has 0 unspecified atom stereocenters. The van der Waals surface area contributed by atoms with Gasteiger partial charge in [-0.15, -0.1) is 0 Å². The minimum atomic E-state index is -0.762. The first kappa shape index (κ1) is 20.0. The van der Waals surface area contributed by atoms with E-state index in [1.165, 1.54) is 6.07 Å². The van der Waals surface area contributed by atoms with Gasteiger partial charge in [0, 0.05) is 10.9 Å². The van der Waals surface area contributed by atoms with Crippen LogP contribution in [0.3, 0.4) is 0 Å². The zero-order valence-electron chi connectivity index (χ0n) is 16.0. The standard InChI is InChI=1S/C22H16F2N4O3/c23-17-7-4-8-18(24)16(17)12-31-14-9-10-19-15(11-14)20(28-27-19)25-22(30)26-21(29)13-5-2-1-3-6-13/h1-11H,12H2,(H3,25,26,27,28,29,30). The van der Waals surface area contributed by atoms with Gasteiger partial charge in [0.2, 0.25) is 0 Å². The van der Waals surface area contributed by atoms with Crippen molar-refractivity contribution < 1.29 is 23.1 Å². The van der Waals surface area contributed by atoms with Crippen LogP contribution in [0.15, 0.2) is 66.7 Å². The number of aromatic amines is 1. The Hall–Kier alpha value is -4.27. The summed E-state index contributed by atoms with van der Waals surface area (Å²) in [5.41, 5.74) is 0.738. The summed E-state index contributed by atoms with van der Waals surface area (Å²) in [7, 11) is 0. The predicted octanol–water partition coefficient (Wildman–Crippen LogP) is 4.38. The van der Waals surface area contributed by atoms with Crippen LogP contribution in [-0.2, 0) is 6.61 Å². The summed E-state index contributed by atoms with van der Waals surface area (Å²) >= 11 is 0. The van der Waals surface area contributed by atoms with Crippen LogP contribution in [0.2, 0.25) is 0 Å². The Bertz CT molecular complexity index is 1240. The number of aromatic nitrogens is 2. The number of carbonyl (C=O) groups excluding carboxylic acids is 2. The maximum atomic E-state index is 13.8. The Morgan fingerprint density at radius 2 is 1.71 bits per heavy atom. The van der Waals surface area contributed by atoms with E-state index in [-0.39, 0.29) is 18.0 Å². The zero-order chi connectivity index (χ0) is 21.8. The molecule has 0 bridgehead atoms. The monoisotopic (exact) mass is 422 g/mol. The molecule has 4 rings (SSSR count). The van der Waals surface area contributed by atoms with Crippen LogP contribution in [0, 0.1) is 11.6 Å². The van der Waals surface area contributed by atoms with Crippen molar-refractivity contribution in [2.45, 2.75) is 6.61 Å². The molecule has 3 amide bonds. The third kappa shape index (κ3) is 4.50. The largest absolute Gasteiger partial charge is 0.489 e. The molecule has 0 aliphatic heterocycles. The van der Waals surface area contributed by atoms with Crippen LogP contribution in [0.4, 0.5) is 19.4 Å². The van der Waals surface area contributed by atoms with Gasteiger partial charge in [0.25, 0.3) is 5.91 Å². The van der Waals surface area contributed by atoms with E-state index < -0.39 is 23.6 Å². The minimum absolute atomic E-state index is 0.163. The Morgan fingerprint density at radius 1 is 0.968 bits per heavy atom. The molecule has 0 atom stereocenters. The third-order valence-electron chi connectivity index (χ3n) is 4.47. The lowest BCUT2D eigenvalue weighted by Crippen LogP contribution is -2.34. The second kappa shape index (κ2) is 8.62. The Labute approximate surface area is 175 Å². The minimum Gasteiger partial charge on any atom is -0.489 e. The van der Waals surface area contributed by atoms with Gasteiger partial charge < -0.3 is 4.74 Å². The van der Waals surface area contributed by atoms with Crippen LogP contribution in [0.25, 0.3) is 10.9 Å². The molecule has 0 aliphatic rings. The molecule has 0 aliphatic carbocycles. The number of ether oxygens (including phenoxy) is 1. The lowest BCUT2D eigenvalue weighted by molar-refractivity contribution is 0.0967. The van der Waals surface area contributed by atoms with Gasteiger partial charge in [-0.25, -0.2) is 13.6 Å². The van der Waals surface area contributed by atoms with Crippen molar-refractivity contribution >= 4 is 28.7 Å². The highest BCUT2D eigenvalue weighted by molar-refractivity contribution is 6.09. The summed E-state index contributed by atoms with van der Waals surface area (Å²) < 4.78 is 33.1. The van der Waals surface area contributed by atoms with Gasteiger partial charge in [0.1, 0.15) is 24.0 Å². The van der Waals surface area contributed by atoms with Gasteiger partial charge in [-0.3, -0.25) is 20.5 Å². The highest BCUT2D eigenvalue weighted by atomic mass is 19.1. The Morgan fingerprint density at radius 3 is 2.45 bits per heavy atom. The fourth-order valence-corrected chi connectivity index (χ4v) is 2.91. The van der Waals surface area contributed by atoms with E-state index in [2.05, 4.69) is 20.8 Å². The van der Waals surface area contributed by atoms with Crippen LogP contribution in [-0.4, -0.2) is 22.1 Å². The number of carbonyl (C=O) groups is 2. The summed E-state index contributed by atoms with van der Waals surface area (Å²) in [5, 5.41) is 12.0. The molecule has 9 heteroatoms. The summed E-state index contributed by atoms with van der Waals surface area (Å²) in [6, 6.07) is 15.9. The average Bonchev–Trinajstić information content (AvgIpc) is 3.16. The van der Waals surface area contributed by atoms with Crippen LogP contribution >= 0.6 is 0 Å². The number of nitrogens with zero attached hydrogens (tertiary/aromatic N) is 1. The third-order valence-corrected chi connectivity index (χ3v) is 4.47. The van der Waals surface area contributed by atoms with Crippen molar-refractivity contribution in [3.63, 3.8) is 0 Å². The maximum absolute atomic E-state index is 13.8. The van der Waals surface area contributed by atoms with E-state index in [0.717, 1.165) is 12.1 Å². The Kier molecular flexibility index (Phi) is 5.57. The van der Waals surface area contributed by atoms with E-state index >= 15 is 0 Å². The van der Waals surface area contributed by atoms with Crippen molar-refractivity contribution in [2.75, 3.05) is 5.32 Å². The number of nitrogens with one attached hydrogen (secondary N) is 3. The molecule has 7 nitrogen and oxygen atoms in total. The molecule has 1 heterocycles. The van der Waals surface area contributed by atoms with E-state index in [1.807, 2.05) is 0 Å². The number of fused-ring (bicyclic) bond motifs is 1. The molecule has 3 aromatic carbocycles. The highest BCUT2D eigenvalue weighted by Gasteiger charge is 2.14. The second-order valence-corrected chi connectivity index (χ2v) is 6.54. The number of amides is 3. The van der Waals surface area contributed by atoms with Crippen molar-refractivity contribution in [3.05, 3.63) is 89.5 Å². The summed E-state index contributed by atoms with van der Waals surface area (Å²) in [5.74, 6) is -1.48.